The molecule has 0 radical (unpaired) electrons. The van der Waals surface area contributed by atoms with Crippen molar-refractivity contribution in [1.82, 2.24) is 0 Å². The number of hydrogen-bond acceptors (Lipinski definition) is 6. The number of esters is 2. The van der Waals surface area contributed by atoms with Gasteiger partial charge in [-0.05, 0) is 70.6 Å². The average molecular weight is 747 g/mol. The fraction of sp³-hybridized carbons (Fsp3) is 0.756. The summed E-state index contributed by atoms with van der Waals surface area (Å²) in [6, 6.07) is -0.618. The summed E-state index contributed by atoms with van der Waals surface area (Å²) in [5.74, 6) is -1.50. The highest BCUT2D eigenvalue weighted by Crippen LogP contribution is 2.13. The topological polar surface area (TPSA) is 99.1 Å². The molecule has 0 aliphatic rings. The van der Waals surface area contributed by atoms with Crippen molar-refractivity contribution in [3.05, 3.63) is 48.6 Å². The van der Waals surface area contributed by atoms with Crippen LogP contribution < -0.4 is 0 Å². The van der Waals surface area contributed by atoms with Crippen LogP contribution in [0.2, 0.25) is 0 Å². The minimum Gasteiger partial charge on any atom is -0.477 e. The summed E-state index contributed by atoms with van der Waals surface area (Å²) in [5.41, 5.74) is 0. The van der Waals surface area contributed by atoms with Crippen LogP contribution in [0.1, 0.15) is 168 Å². The van der Waals surface area contributed by atoms with Crippen LogP contribution in [-0.4, -0.2) is 80.6 Å². The van der Waals surface area contributed by atoms with E-state index in [-0.39, 0.29) is 36.2 Å². The quantitative estimate of drug-likeness (QED) is 0.0292. The first-order valence-electron chi connectivity index (χ1n) is 21.2. The highest BCUT2D eigenvalue weighted by atomic mass is 16.6. The van der Waals surface area contributed by atoms with E-state index in [0.717, 1.165) is 83.5 Å². The zero-order chi connectivity index (χ0) is 39.3. The number of hydrogen-bond donors (Lipinski definition) is 1. The van der Waals surface area contributed by atoms with Gasteiger partial charge in [0.1, 0.15) is 6.61 Å². The van der Waals surface area contributed by atoms with Gasteiger partial charge in [-0.3, -0.25) is 9.59 Å². The molecule has 8 nitrogen and oxygen atoms in total. The van der Waals surface area contributed by atoms with Gasteiger partial charge in [0.2, 0.25) is 0 Å². The van der Waals surface area contributed by atoms with Gasteiger partial charge in [-0.1, -0.05) is 127 Å². The van der Waals surface area contributed by atoms with E-state index in [9.17, 15) is 19.5 Å². The lowest BCUT2D eigenvalue weighted by molar-refractivity contribution is -0.887. The molecule has 2 unspecified atom stereocenters. The van der Waals surface area contributed by atoms with Gasteiger partial charge in [0.25, 0.3) is 0 Å². The summed E-state index contributed by atoms with van der Waals surface area (Å²) in [7, 11) is 5.51. The van der Waals surface area contributed by atoms with Crippen molar-refractivity contribution >= 4 is 17.9 Å². The van der Waals surface area contributed by atoms with Crippen LogP contribution in [0, 0.1) is 0 Å². The Bertz CT molecular complexity index is 1010. The number of carbonyl (C=O) groups excluding carboxylic acids is 2. The number of rotatable bonds is 37. The Labute approximate surface area is 325 Å². The van der Waals surface area contributed by atoms with E-state index in [1.54, 1.807) is 0 Å². The second-order valence-corrected chi connectivity index (χ2v) is 15.2. The first-order valence-corrected chi connectivity index (χ1v) is 21.2. The van der Waals surface area contributed by atoms with E-state index in [4.69, 9.17) is 14.2 Å². The third-order valence-corrected chi connectivity index (χ3v) is 9.21. The normalized spacial score (nSPS) is 13.5. The van der Waals surface area contributed by atoms with Crippen LogP contribution in [0.3, 0.4) is 0 Å². The maximum absolute atomic E-state index is 12.7. The van der Waals surface area contributed by atoms with Gasteiger partial charge < -0.3 is 23.8 Å². The standard InChI is InChI=1S/C45H79NO7/c1-6-8-10-12-14-16-18-20-21-22-23-24-26-27-29-31-33-35-43(47)52-40-41(39-51-38-37-42(45(49)50)46(3,4)5)53-44(48)36-34-32-30-28-25-19-17-15-13-11-9-7-2/h9,11,14-17,20-21,41-42H,6-8,10,12-13,18-19,22-40H2,1-5H3/p+1/b11-9+,16-14+,17-15+,21-20+. The Hall–Kier alpha value is -2.71. The van der Waals surface area contributed by atoms with Crippen LogP contribution in [0.15, 0.2) is 48.6 Å². The largest absolute Gasteiger partial charge is 0.477 e. The molecular formula is C45H80NO7+. The van der Waals surface area contributed by atoms with Crippen molar-refractivity contribution in [1.29, 1.82) is 0 Å². The summed E-state index contributed by atoms with van der Waals surface area (Å²) in [6.45, 7) is 4.57. The maximum atomic E-state index is 12.7. The molecule has 0 saturated heterocycles. The highest BCUT2D eigenvalue weighted by Gasteiger charge is 2.31. The zero-order valence-electron chi connectivity index (χ0n) is 34.7. The Morgan fingerprint density at radius 2 is 1.06 bits per heavy atom. The van der Waals surface area contributed by atoms with Crippen LogP contribution in [0.5, 0.6) is 0 Å². The number of quaternary nitrogens is 1. The van der Waals surface area contributed by atoms with Gasteiger partial charge in [0.15, 0.2) is 12.1 Å². The van der Waals surface area contributed by atoms with E-state index in [1.165, 1.54) is 51.4 Å². The lowest BCUT2D eigenvalue weighted by Gasteiger charge is -2.31. The minimum absolute atomic E-state index is 0.0518. The molecule has 0 aromatic rings. The molecule has 0 aliphatic carbocycles. The third-order valence-electron chi connectivity index (χ3n) is 9.21. The van der Waals surface area contributed by atoms with E-state index in [1.807, 2.05) is 21.1 Å². The number of carboxylic acid groups (broad SMARTS) is 1. The fourth-order valence-electron chi connectivity index (χ4n) is 5.92. The Kier molecular flexibility index (Phi) is 34.4. The van der Waals surface area contributed by atoms with E-state index in [2.05, 4.69) is 62.5 Å². The van der Waals surface area contributed by atoms with Crippen LogP contribution >= 0.6 is 0 Å². The molecule has 0 heterocycles. The summed E-state index contributed by atoms with van der Waals surface area (Å²) in [6.07, 6.45) is 41.5. The number of allylic oxidation sites excluding steroid dienone is 8. The minimum atomic E-state index is -0.880. The molecule has 0 aromatic heterocycles. The van der Waals surface area contributed by atoms with Crippen molar-refractivity contribution in [2.75, 3.05) is 41.0 Å². The van der Waals surface area contributed by atoms with Crippen LogP contribution in [0.25, 0.3) is 0 Å². The van der Waals surface area contributed by atoms with Crippen molar-refractivity contribution < 1.29 is 38.2 Å². The lowest BCUT2D eigenvalue weighted by atomic mass is 10.1. The maximum Gasteiger partial charge on any atom is 0.362 e. The molecule has 8 heteroatoms. The molecule has 0 saturated carbocycles. The first kappa shape index (κ1) is 50.3. The molecule has 0 aliphatic heterocycles. The molecule has 306 valence electrons. The van der Waals surface area contributed by atoms with E-state index < -0.39 is 18.1 Å². The number of carboxylic acids is 1. The number of ether oxygens (including phenoxy) is 3. The predicted octanol–water partition coefficient (Wildman–Crippen LogP) is 11.2. The predicted molar refractivity (Wildman–Crippen MR) is 220 cm³/mol. The number of likely N-dealkylation sites (N-methyl/N-ethyl adjacent to an activating group) is 1. The highest BCUT2D eigenvalue weighted by molar-refractivity contribution is 5.72. The molecule has 2 atom stereocenters. The molecule has 0 rings (SSSR count). The van der Waals surface area contributed by atoms with E-state index in [0.29, 0.717) is 19.3 Å². The van der Waals surface area contributed by atoms with Crippen LogP contribution in [-0.2, 0) is 28.6 Å². The van der Waals surface area contributed by atoms with Gasteiger partial charge in [0.05, 0.1) is 34.4 Å². The number of carbonyl (C=O) groups is 3. The van der Waals surface area contributed by atoms with Crippen molar-refractivity contribution in [2.24, 2.45) is 0 Å². The molecule has 53 heavy (non-hydrogen) atoms. The summed E-state index contributed by atoms with van der Waals surface area (Å²) in [5, 5.41) is 9.60. The fourth-order valence-corrected chi connectivity index (χ4v) is 5.92. The van der Waals surface area contributed by atoms with Gasteiger partial charge in [-0.15, -0.1) is 0 Å². The molecule has 0 spiro atoms. The van der Waals surface area contributed by atoms with Gasteiger partial charge in [-0.25, -0.2) is 4.79 Å². The SMILES string of the molecule is CC/C=C/C/C=C/CCCCCCCC(=O)OC(COCCC(C(=O)O)[N+](C)(C)C)COC(=O)CCCCCCCCC/C=C/C/C=C/CCCCC. The molecule has 0 fully saturated rings. The summed E-state index contributed by atoms with van der Waals surface area (Å²) in [4.78, 5) is 36.9. The van der Waals surface area contributed by atoms with Gasteiger partial charge >= 0.3 is 17.9 Å². The van der Waals surface area contributed by atoms with Gasteiger partial charge in [-0.2, -0.15) is 0 Å². The third kappa shape index (κ3) is 34.8. The van der Waals surface area contributed by atoms with E-state index >= 15 is 0 Å². The zero-order valence-corrected chi connectivity index (χ0v) is 34.7. The molecule has 0 amide bonds. The smallest absolute Gasteiger partial charge is 0.362 e. The second kappa shape index (κ2) is 36.3. The summed E-state index contributed by atoms with van der Waals surface area (Å²) >= 11 is 0. The molecular weight excluding hydrogens is 666 g/mol. The Morgan fingerprint density at radius 1 is 0.585 bits per heavy atom. The monoisotopic (exact) mass is 747 g/mol. The Morgan fingerprint density at radius 3 is 1.55 bits per heavy atom. The molecule has 1 N–H and O–H groups in total. The molecule has 0 bridgehead atoms. The van der Waals surface area contributed by atoms with Crippen LogP contribution in [0.4, 0.5) is 0 Å². The second-order valence-electron chi connectivity index (χ2n) is 15.2. The van der Waals surface area contributed by atoms with Crippen molar-refractivity contribution in [2.45, 2.75) is 180 Å². The lowest BCUT2D eigenvalue weighted by Crippen LogP contribution is -2.50. The number of aliphatic carboxylic acids is 1. The number of nitrogens with zero attached hydrogens (tertiary/aromatic N) is 1. The van der Waals surface area contributed by atoms with Crippen molar-refractivity contribution in [3.63, 3.8) is 0 Å². The first-order chi connectivity index (χ1) is 25.6. The molecule has 0 aromatic carbocycles. The summed E-state index contributed by atoms with van der Waals surface area (Å²) < 4.78 is 17.2. The Balaban J connectivity index is 4.37. The van der Waals surface area contributed by atoms with Crippen molar-refractivity contribution in [3.8, 4) is 0 Å². The van der Waals surface area contributed by atoms with Gasteiger partial charge in [0, 0.05) is 19.3 Å². The average Bonchev–Trinajstić information content (AvgIpc) is 3.11. The number of unbranched alkanes of at least 4 members (excludes halogenated alkanes) is 15.